The number of nitrogens with zero attached hydrogens (tertiary/aromatic N) is 4. The monoisotopic (exact) mass is 415 g/mol. The van der Waals surface area contributed by atoms with Crippen LogP contribution in [0.25, 0.3) is 16.2 Å². The van der Waals surface area contributed by atoms with Gasteiger partial charge in [0, 0.05) is 31.1 Å². The molecule has 1 aliphatic heterocycles. The Morgan fingerprint density at radius 3 is 2.66 bits per heavy atom. The first-order valence-corrected chi connectivity index (χ1v) is 11.0. The van der Waals surface area contributed by atoms with Gasteiger partial charge in [0.25, 0.3) is 0 Å². The summed E-state index contributed by atoms with van der Waals surface area (Å²) in [7, 11) is 0. The minimum Gasteiger partial charge on any atom is -0.356 e. The Morgan fingerprint density at radius 2 is 2.00 bits per heavy atom. The molecule has 2 aromatic heterocycles. The highest BCUT2D eigenvalue weighted by atomic mass is 32.1. The maximum Gasteiger partial charge on any atom is 0.223 e. The summed E-state index contributed by atoms with van der Waals surface area (Å²) >= 11 is 1.54. The quantitative estimate of drug-likeness (QED) is 0.662. The molecule has 1 fully saturated rings. The van der Waals surface area contributed by atoms with Crippen molar-refractivity contribution < 1.29 is 9.18 Å². The zero-order valence-electron chi connectivity index (χ0n) is 16.8. The van der Waals surface area contributed by atoms with Crippen LogP contribution < -0.4 is 10.2 Å². The van der Waals surface area contributed by atoms with Gasteiger partial charge in [0.2, 0.25) is 16.0 Å². The van der Waals surface area contributed by atoms with Crippen LogP contribution in [0.4, 0.5) is 9.52 Å². The molecular weight excluding hydrogens is 389 g/mol. The fourth-order valence-corrected chi connectivity index (χ4v) is 4.47. The molecule has 3 aromatic rings. The summed E-state index contributed by atoms with van der Waals surface area (Å²) < 4.78 is 14.9. The van der Waals surface area contributed by atoms with E-state index in [4.69, 9.17) is 0 Å². The van der Waals surface area contributed by atoms with E-state index in [1.54, 1.807) is 28.0 Å². The number of benzene rings is 1. The minimum absolute atomic E-state index is 0.0903. The van der Waals surface area contributed by atoms with Gasteiger partial charge >= 0.3 is 0 Å². The van der Waals surface area contributed by atoms with E-state index in [0.717, 1.165) is 60.2 Å². The number of aromatic nitrogens is 3. The number of piperidine rings is 1. The predicted molar refractivity (Wildman–Crippen MR) is 114 cm³/mol. The number of amides is 1. The average Bonchev–Trinajstić information content (AvgIpc) is 3.27. The second-order valence-electron chi connectivity index (χ2n) is 7.98. The van der Waals surface area contributed by atoms with Crippen LogP contribution in [-0.2, 0) is 4.79 Å². The Balaban J connectivity index is 1.35. The van der Waals surface area contributed by atoms with Gasteiger partial charge in [0.1, 0.15) is 5.82 Å². The topological polar surface area (TPSA) is 62.5 Å². The van der Waals surface area contributed by atoms with Crippen LogP contribution in [0.1, 0.15) is 33.1 Å². The maximum absolute atomic E-state index is 13.1. The summed E-state index contributed by atoms with van der Waals surface area (Å²) in [6.45, 7) is 6.74. The van der Waals surface area contributed by atoms with Crippen molar-refractivity contribution in [1.29, 1.82) is 0 Å². The molecule has 0 atom stereocenters. The van der Waals surface area contributed by atoms with Gasteiger partial charge in [-0.1, -0.05) is 25.2 Å². The second kappa shape index (κ2) is 8.49. The third-order valence-electron chi connectivity index (χ3n) is 5.33. The second-order valence-corrected chi connectivity index (χ2v) is 8.91. The minimum atomic E-state index is -0.257. The van der Waals surface area contributed by atoms with E-state index in [-0.39, 0.29) is 17.6 Å². The van der Waals surface area contributed by atoms with Crippen molar-refractivity contribution in [2.24, 2.45) is 11.8 Å². The van der Waals surface area contributed by atoms with Crippen LogP contribution in [0.3, 0.4) is 0 Å². The molecule has 8 heteroatoms. The summed E-state index contributed by atoms with van der Waals surface area (Å²) in [4.78, 5) is 20.0. The van der Waals surface area contributed by atoms with E-state index in [1.165, 1.54) is 12.1 Å². The standard InChI is InChI=1S/C21H26FN5OS/c1-14(2)7-10-23-19(28)16-8-11-26(12-9-16)21-25-27-13-18(24-20(27)29-21)15-3-5-17(22)6-4-15/h3-6,13-14,16H,7-12H2,1-2H3,(H,23,28). The van der Waals surface area contributed by atoms with Gasteiger partial charge < -0.3 is 10.2 Å². The molecule has 1 aliphatic rings. The largest absolute Gasteiger partial charge is 0.356 e. The molecule has 1 aromatic carbocycles. The first-order valence-electron chi connectivity index (χ1n) is 10.1. The number of anilines is 1. The van der Waals surface area contributed by atoms with Crippen LogP contribution in [0.15, 0.2) is 30.5 Å². The third kappa shape index (κ3) is 4.58. The Hall–Kier alpha value is -2.48. The van der Waals surface area contributed by atoms with Crippen molar-refractivity contribution in [3.8, 4) is 11.3 Å². The average molecular weight is 416 g/mol. The molecule has 0 spiro atoms. The van der Waals surface area contributed by atoms with Crippen molar-refractivity contribution in [3.63, 3.8) is 0 Å². The lowest BCUT2D eigenvalue weighted by Crippen LogP contribution is -2.41. The molecule has 0 aliphatic carbocycles. The molecule has 154 valence electrons. The molecular formula is C21H26FN5OS. The lowest BCUT2D eigenvalue weighted by atomic mass is 9.96. The molecule has 29 heavy (non-hydrogen) atoms. The maximum atomic E-state index is 13.1. The van der Waals surface area contributed by atoms with Gasteiger partial charge in [-0.2, -0.15) is 0 Å². The number of nitrogens with one attached hydrogen (secondary N) is 1. The first-order chi connectivity index (χ1) is 14.0. The number of hydrogen-bond acceptors (Lipinski definition) is 5. The van der Waals surface area contributed by atoms with Gasteiger partial charge in [-0.25, -0.2) is 13.9 Å². The number of fused-ring (bicyclic) bond motifs is 1. The number of halogens is 1. The van der Waals surface area contributed by atoms with Crippen LogP contribution in [0.5, 0.6) is 0 Å². The Morgan fingerprint density at radius 1 is 1.28 bits per heavy atom. The Labute approximate surface area is 173 Å². The number of rotatable bonds is 6. The highest BCUT2D eigenvalue weighted by molar-refractivity contribution is 7.20. The highest BCUT2D eigenvalue weighted by Gasteiger charge is 2.26. The molecule has 0 radical (unpaired) electrons. The number of carbonyl (C=O) groups excluding carboxylic acids is 1. The molecule has 1 saturated heterocycles. The first kappa shape index (κ1) is 19.8. The summed E-state index contributed by atoms with van der Waals surface area (Å²) in [6.07, 6.45) is 4.58. The van der Waals surface area contributed by atoms with Crippen molar-refractivity contribution in [2.75, 3.05) is 24.5 Å². The predicted octanol–water partition coefficient (Wildman–Crippen LogP) is 3.98. The van der Waals surface area contributed by atoms with Crippen molar-refractivity contribution in [1.82, 2.24) is 19.9 Å². The van der Waals surface area contributed by atoms with Crippen LogP contribution in [0.2, 0.25) is 0 Å². The summed E-state index contributed by atoms with van der Waals surface area (Å²) in [6, 6.07) is 6.31. The molecule has 1 N–H and O–H groups in total. The SMILES string of the molecule is CC(C)CCNC(=O)C1CCN(c2nn3cc(-c4ccc(F)cc4)nc3s2)CC1. The van der Waals surface area contributed by atoms with Crippen LogP contribution in [0, 0.1) is 17.7 Å². The lowest BCUT2D eigenvalue weighted by molar-refractivity contribution is -0.125. The Bertz CT molecular complexity index is 941. The smallest absolute Gasteiger partial charge is 0.223 e. The third-order valence-corrected chi connectivity index (χ3v) is 6.31. The fourth-order valence-electron chi connectivity index (χ4n) is 3.54. The number of carbonyl (C=O) groups is 1. The fraction of sp³-hybridized carbons (Fsp3) is 0.476. The van der Waals surface area contributed by atoms with E-state index in [2.05, 4.69) is 34.1 Å². The summed E-state index contributed by atoms with van der Waals surface area (Å²) in [5, 5.41) is 8.66. The molecule has 3 heterocycles. The molecule has 4 rings (SSSR count). The summed E-state index contributed by atoms with van der Waals surface area (Å²) in [5.74, 6) is 0.618. The van der Waals surface area contributed by atoms with Crippen molar-refractivity contribution in [3.05, 3.63) is 36.3 Å². The van der Waals surface area contributed by atoms with Gasteiger partial charge in [0.15, 0.2) is 0 Å². The van der Waals surface area contributed by atoms with Crippen LogP contribution >= 0.6 is 11.3 Å². The van der Waals surface area contributed by atoms with E-state index in [9.17, 15) is 9.18 Å². The van der Waals surface area contributed by atoms with Crippen molar-refractivity contribution >= 4 is 27.3 Å². The zero-order valence-corrected chi connectivity index (χ0v) is 17.6. The zero-order chi connectivity index (χ0) is 20.4. The van der Waals surface area contributed by atoms with Crippen LogP contribution in [-0.4, -0.2) is 40.1 Å². The van der Waals surface area contributed by atoms with Gasteiger partial charge in [-0.05, 0) is 49.4 Å². The molecule has 6 nitrogen and oxygen atoms in total. The van der Waals surface area contributed by atoms with E-state index >= 15 is 0 Å². The van der Waals surface area contributed by atoms with Gasteiger partial charge in [-0.15, -0.1) is 5.10 Å². The van der Waals surface area contributed by atoms with E-state index < -0.39 is 0 Å². The number of imidazole rings is 1. The Kier molecular flexibility index (Phi) is 5.80. The van der Waals surface area contributed by atoms with E-state index in [1.807, 2.05) is 6.20 Å². The molecule has 1 amide bonds. The molecule has 0 bridgehead atoms. The highest BCUT2D eigenvalue weighted by Crippen LogP contribution is 2.29. The van der Waals surface area contributed by atoms with Gasteiger partial charge in [0.05, 0.1) is 11.9 Å². The van der Waals surface area contributed by atoms with Crippen molar-refractivity contribution in [2.45, 2.75) is 33.1 Å². The molecule has 0 unspecified atom stereocenters. The molecule has 0 saturated carbocycles. The van der Waals surface area contributed by atoms with Gasteiger partial charge in [-0.3, -0.25) is 4.79 Å². The summed E-state index contributed by atoms with van der Waals surface area (Å²) in [5.41, 5.74) is 1.65. The normalized spacial score (nSPS) is 15.4. The lowest BCUT2D eigenvalue weighted by Gasteiger charge is -2.30. The number of hydrogen-bond donors (Lipinski definition) is 1. The van der Waals surface area contributed by atoms with E-state index in [0.29, 0.717) is 5.92 Å².